The lowest BCUT2D eigenvalue weighted by Crippen LogP contribution is -2.10. The minimum Gasteiger partial charge on any atom is -0.326 e. The molecule has 2 heteroatoms. The van der Waals surface area contributed by atoms with Crippen LogP contribution in [-0.2, 0) is 4.79 Å². The van der Waals surface area contributed by atoms with E-state index in [1.807, 2.05) is 24.3 Å². The maximum atomic E-state index is 11.6. The van der Waals surface area contributed by atoms with Crippen molar-refractivity contribution in [2.24, 2.45) is 0 Å². The molecule has 0 aliphatic heterocycles. The van der Waals surface area contributed by atoms with Crippen LogP contribution in [0.25, 0.3) is 0 Å². The van der Waals surface area contributed by atoms with Crippen molar-refractivity contribution in [3.05, 3.63) is 29.8 Å². The minimum atomic E-state index is 0.0783. The van der Waals surface area contributed by atoms with Crippen LogP contribution in [0, 0.1) is 12.3 Å². The number of nitrogens with one attached hydrogen (secondary N) is 1. The van der Waals surface area contributed by atoms with Crippen molar-refractivity contribution in [3.8, 4) is 12.3 Å². The normalized spacial score (nSPS) is 9.65. The number of hydrogen-bond acceptors (Lipinski definition) is 1. The van der Waals surface area contributed by atoms with Gasteiger partial charge in [0.05, 0.1) is 0 Å². The summed E-state index contributed by atoms with van der Waals surface area (Å²) in [6.07, 6.45) is 10.3. The summed E-state index contributed by atoms with van der Waals surface area (Å²) in [5.41, 5.74) is 1.63. The van der Waals surface area contributed by atoms with Gasteiger partial charge >= 0.3 is 0 Å². The Balaban J connectivity index is 2.32. The van der Waals surface area contributed by atoms with Crippen LogP contribution in [0.1, 0.15) is 44.6 Å². The second kappa shape index (κ2) is 7.51. The van der Waals surface area contributed by atoms with Crippen molar-refractivity contribution < 1.29 is 4.79 Å². The van der Waals surface area contributed by atoms with Gasteiger partial charge in [0, 0.05) is 17.7 Å². The van der Waals surface area contributed by atoms with E-state index < -0.39 is 0 Å². The molecule has 0 unspecified atom stereocenters. The number of carbonyl (C=O) groups is 1. The van der Waals surface area contributed by atoms with Gasteiger partial charge in [0.15, 0.2) is 0 Å². The molecule has 1 aromatic carbocycles. The van der Waals surface area contributed by atoms with E-state index in [0.29, 0.717) is 6.42 Å². The zero-order chi connectivity index (χ0) is 12.5. The largest absolute Gasteiger partial charge is 0.326 e. The average molecular weight is 229 g/mol. The fourth-order valence-corrected chi connectivity index (χ4v) is 1.59. The van der Waals surface area contributed by atoms with Crippen molar-refractivity contribution in [2.45, 2.75) is 39.0 Å². The maximum Gasteiger partial charge on any atom is 0.224 e. The molecule has 0 saturated heterocycles. The van der Waals surface area contributed by atoms with E-state index in [9.17, 15) is 4.79 Å². The predicted octanol–water partition coefficient (Wildman–Crippen LogP) is 3.58. The minimum absolute atomic E-state index is 0.0783. The van der Waals surface area contributed by atoms with Crippen molar-refractivity contribution in [2.75, 3.05) is 5.32 Å². The second-order valence-electron chi connectivity index (χ2n) is 4.08. The molecule has 0 bridgehead atoms. The summed E-state index contributed by atoms with van der Waals surface area (Å²) >= 11 is 0. The van der Waals surface area contributed by atoms with E-state index in [1.54, 1.807) is 0 Å². The third-order valence-corrected chi connectivity index (χ3v) is 2.59. The van der Waals surface area contributed by atoms with Gasteiger partial charge in [-0.3, -0.25) is 4.79 Å². The molecular weight excluding hydrogens is 210 g/mol. The fourth-order valence-electron chi connectivity index (χ4n) is 1.59. The van der Waals surface area contributed by atoms with Crippen LogP contribution >= 0.6 is 0 Å². The van der Waals surface area contributed by atoms with Crippen LogP contribution in [0.5, 0.6) is 0 Å². The zero-order valence-electron chi connectivity index (χ0n) is 10.3. The Morgan fingerprint density at radius 1 is 1.24 bits per heavy atom. The highest BCUT2D eigenvalue weighted by atomic mass is 16.1. The molecule has 0 atom stereocenters. The van der Waals surface area contributed by atoms with E-state index in [1.165, 1.54) is 12.8 Å². The number of anilines is 1. The van der Waals surface area contributed by atoms with Gasteiger partial charge in [-0.05, 0) is 30.7 Å². The number of benzene rings is 1. The Labute approximate surface area is 103 Å². The highest BCUT2D eigenvalue weighted by Gasteiger charge is 2.01. The fraction of sp³-hybridized carbons (Fsp3) is 0.400. The number of rotatable bonds is 6. The third kappa shape index (κ3) is 5.21. The number of terminal acetylenes is 1. The van der Waals surface area contributed by atoms with Gasteiger partial charge < -0.3 is 5.32 Å². The van der Waals surface area contributed by atoms with Gasteiger partial charge in [-0.1, -0.05) is 32.1 Å². The Morgan fingerprint density at radius 3 is 2.53 bits per heavy atom. The summed E-state index contributed by atoms with van der Waals surface area (Å²) in [5.74, 6) is 2.62. The van der Waals surface area contributed by atoms with E-state index in [0.717, 1.165) is 24.1 Å². The van der Waals surface area contributed by atoms with Crippen LogP contribution in [0.4, 0.5) is 5.69 Å². The first-order chi connectivity index (χ1) is 8.26. The molecule has 17 heavy (non-hydrogen) atoms. The molecule has 1 amide bonds. The van der Waals surface area contributed by atoms with Gasteiger partial charge in [0.1, 0.15) is 0 Å². The van der Waals surface area contributed by atoms with E-state index in [4.69, 9.17) is 6.42 Å². The van der Waals surface area contributed by atoms with Crippen LogP contribution in [-0.4, -0.2) is 5.91 Å². The summed E-state index contributed by atoms with van der Waals surface area (Å²) in [6, 6.07) is 7.32. The molecule has 1 rings (SSSR count). The molecule has 0 heterocycles. The highest BCUT2D eigenvalue weighted by Crippen LogP contribution is 2.10. The lowest BCUT2D eigenvalue weighted by Gasteiger charge is -2.05. The van der Waals surface area contributed by atoms with Gasteiger partial charge in [-0.2, -0.15) is 0 Å². The monoisotopic (exact) mass is 229 g/mol. The third-order valence-electron chi connectivity index (χ3n) is 2.59. The first kappa shape index (κ1) is 13.3. The smallest absolute Gasteiger partial charge is 0.224 e. The molecule has 0 aromatic heterocycles. The zero-order valence-corrected chi connectivity index (χ0v) is 10.3. The molecule has 0 aliphatic rings. The molecule has 0 saturated carbocycles. The summed E-state index contributed by atoms with van der Waals surface area (Å²) in [5, 5.41) is 2.86. The number of carbonyl (C=O) groups excluding carboxylic acids is 1. The van der Waals surface area contributed by atoms with Crippen molar-refractivity contribution in [1.29, 1.82) is 0 Å². The molecule has 1 aromatic rings. The van der Waals surface area contributed by atoms with Gasteiger partial charge in [-0.15, -0.1) is 6.42 Å². The molecular formula is C15H19NO. The van der Waals surface area contributed by atoms with Crippen LogP contribution in [0.15, 0.2) is 24.3 Å². The molecule has 0 spiro atoms. The summed E-state index contributed by atoms with van der Waals surface area (Å²) in [4.78, 5) is 11.6. The molecule has 90 valence electrons. The predicted molar refractivity (Wildman–Crippen MR) is 71.8 cm³/mol. The highest BCUT2D eigenvalue weighted by molar-refractivity contribution is 5.90. The lowest BCUT2D eigenvalue weighted by molar-refractivity contribution is -0.116. The second-order valence-corrected chi connectivity index (χ2v) is 4.08. The van der Waals surface area contributed by atoms with Crippen LogP contribution < -0.4 is 5.32 Å². The molecule has 0 aliphatic carbocycles. The van der Waals surface area contributed by atoms with E-state index in [2.05, 4.69) is 18.2 Å². The van der Waals surface area contributed by atoms with Crippen LogP contribution in [0.3, 0.4) is 0 Å². The van der Waals surface area contributed by atoms with E-state index >= 15 is 0 Å². The average Bonchev–Trinajstić information content (AvgIpc) is 2.36. The maximum absolute atomic E-state index is 11.6. The van der Waals surface area contributed by atoms with Crippen molar-refractivity contribution >= 4 is 11.6 Å². The quantitative estimate of drug-likeness (QED) is 0.586. The Morgan fingerprint density at radius 2 is 1.94 bits per heavy atom. The standard InChI is InChI=1S/C15H19NO/c1-3-5-6-7-8-15(17)16-14-11-9-13(4-2)10-12-14/h2,9-12H,3,5-8H2,1H3,(H,16,17). The van der Waals surface area contributed by atoms with E-state index in [-0.39, 0.29) is 5.91 Å². The SMILES string of the molecule is C#Cc1ccc(NC(=O)CCCCCC)cc1. The first-order valence-electron chi connectivity index (χ1n) is 6.12. The molecule has 1 N–H and O–H groups in total. The molecule has 2 nitrogen and oxygen atoms in total. The topological polar surface area (TPSA) is 29.1 Å². The summed E-state index contributed by atoms with van der Waals surface area (Å²) in [7, 11) is 0. The molecule has 0 radical (unpaired) electrons. The van der Waals surface area contributed by atoms with Gasteiger partial charge in [0.2, 0.25) is 5.91 Å². The summed E-state index contributed by atoms with van der Waals surface area (Å²) < 4.78 is 0. The van der Waals surface area contributed by atoms with Crippen molar-refractivity contribution in [1.82, 2.24) is 0 Å². The van der Waals surface area contributed by atoms with Crippen molar-refractivity contribution in [3.63, 3.8) is 0 Å². The summed E-state index contributed by atoms with van der Waals surface area (Å²) in [6.45, 7) is 2.16. The first-order valence-corrected chi connectivity index (χ1v) is 6.12. The number of amides is 1. The Bertz CT molecular complexity index is 386. The molecule has 0 fully saturated rings. The Kier molecular flexibility index (Phi) is 5.88. The van der Waals surface area contributed by atoms with Crippen LogP contribution in [0.2, 0.25) is 0 Å². The van der Waals surface area contributed by atoms with Gasteiger partial charge in [-0.25, -0.2) is 0 Å². The van der Waals surface area contributed by atoms with Gasteiger partial charge in [0.25, 0.3) is 0 Å². The number of hydrogen-bond donors (Lipinski definition) is 1. The Hall–Kier alpha value is -1.75. The lowest BCUT2D eigenvalue weighted by atomic mass is 10.1. The number of unbranched alkanes of at least 4 members (excludes halogenated alkanes) is 3.